The Labute approximate surface area is 168 Å². The highest BCUT2D eigenvalue weighted by Crippen LogP contribution is 2.30. The first-order chi connectivity index (χ1) is 13.1. The summed E-state index contributed by atoms with van der Waals surface area (Å²) >= 11 is 12.2. The summed E-state index contributed by atoms with van der Waals surface area (Å²) in [6.07, 6.45) is 0.820. The lowest BCUT2D eigenvalue weighted by atomic mass is 10.0. The molecule has 0 saturated heterocycles. The van der Waals surface area contributed by atoms with Crippen molar-refractivity contribution in [3.05, 3.63) is 69.3 Å². The number of hydrogen-bond acceptors (Lipinski definition) is 2. The maximum atomic E-state index is 13.2. The van der Waals surface area contributed by atoms with Crippen LogP contribution in [0.3, 0.4) is 0 Å². The molecule has 4 rings (SSSR count). The highest BCUT2D eigenvalue weighted by molar-refractivity contribution is 6.31. The summed E-state index contributed by atoms with van der Waals surface area (Å²) in [5, 5.41) is 5.87. The fourth-order valence-electron chi connectivity index (χ4n) is 3.79. The molecule has 0 radical (unpaired) electrons. The van der Waals surface area contributed by atoms with E-state index in [2.05, 4.69) is 10.3 Å². The van der Waals surface area contributed by atoms with Crippen LogP contribution in [-0.2, 0) is 17.8 Å². The topological polar surface area (TPSA) is 48.1 Å². The predicted molar refractivity (Wildman–Crippen MR) is 110 cm³/mol. The summed E-state index contributed by atoms with van der Waals surface area (Å²) in [4.78, 5) is 18.6. The van der Waals surface area contributed by atoms with Crippen LogP contribution in [0, 0.1) is 0 Å². The zero-order valence-corrected chi connectivity index (χ0v) is 16.6. The molecule has 2 heterocycles. The lowest BCUT2D eigenvalue weighted by molar-refractivity contribution is -0.134. The second kappa shape index (κ2) is 7.55. The van der Waals surface area contributed by atoms with Gasteiger partial charge < -0.3 is 15.2 Å². The van der Waals surface area contributed by atoms with E-state index in [0.29, 0.717) is 24.7 Å². The normalized spacial score (nSPS) is 15.0. The van der Waals surface area contributed by atoms with Crippen LogP contribution >= 0.6 is 23.2 Å². The average Bonchev–Trinajstić information content (AvgIpc) is 3.03. The Balaban J connectivity index is 1.60. The molecule has 1 unspecified atom stereocenters. The monoisotopic (exact) mass is 401 g/mol. The van der Waals surface area contributed by atoms with Crippen LogP contribution in [0.1, 0.15) is 29.8 Å². The highest BCUT2D eigenvalue weighted by Gasteiger charge is 2.29. The Morgan fingerprint density at radius 1 is 1.19 bits per heavy atom. The van der Waals surface area contributed by atoms with E-state index in [1.807, 2.05) is 54.3 Å². The van der Waals surface area contributed by atoms with Gasteiger partial charge in [-0.25, -0.2) is 0 Å². The molecule has 1 aliphatic heterocycles. The van der Waals surface area contributed by atoms with Crippen molar-refractivity contribution in [2.24, 2.45) is 0 Å². The minimum Gasteiger partial charge on any atom is -0.357 e. The Hall–Kier alpha value is -2.01. The van der Waals surface area contributed by atoms with Crippen molar-refractivity contribution >= 4 is 40.0 Å². The molecule has 1 aromatic heterocycles. The van der Waals surface area contributed by atoms with E-state index < -0.39 is 0 Å². The first-order valence-electron chi connectivity index (χ1n) is 9.13. The molecule has 4 nitrogen and oxygen atoms in total. The number of nitrogens with zero attached hydrogens (tertiary/aromatic N) is 1. The molecule has 2 N–H and O–H groups in total. The van der Waals surface area contributed by atoms with E-state index >= 15 is 0 Å². The fourth-order valence-corrected chi connectivity index (χ4v) is 4.09. The van der Waals surface area contributed by atoms with Crippen LogP contribution in [-0.4, -0.2) is 28.9 Å². The number of H-pyrrole nitrogens is 1. The number of aromatic nitrogens is 1. The van der Waals surface area contributed by atoms with E-state index in [1.165, 1.54) is 5.56 Å². The molecule has 0 spiro atoms. The Kier molecular flexibility index (Phi) is 5.13. The summed E-state index contributed by atoms with van der Waals surface area (Å²) in [6.45, 7) is 3.99. The third-order valence-corrected chi connectivity index (χ3v) is 5.59. The highest BCUT2D eigenvalue weighted by atomic mass is 35.5. The van der Waals surface area contributed by atoms with Gasteiger partial charge in [0.2, 0.25) is 5.91 Å². The van der Waals surface area contributed by atoms with Crippen molar-refractivity contribution in [1.82, 2.24) is 15.2 Å². The van der Waals surface area contributed by atoms with Crippen molar-refractivity contribution in [1.29, 1.82) is 0 Å². The average molecular weight is 402 g/mol. The number of likely N-dealkylation sites (N-methyl/N-ethyl adjacent to an activating group) is 1. The minimum atomic E-state index is -0.368. The number of hydrogen-bond donors (Lipinski definition) is 2. The number of fused-ring (bicyclic) bond motifs is 3. The summed E-state index contributed by atoms with van der Waals surface area (Å²) in [5.74, 6) is 0.0847. The number of rotatable bonds is 4. The van der Waals surface area contributed by atoms with E-state index in [9.17, 15) is 4.79 Å². The first kappa shape index (κ1) is 18.4. The van der Waals surface area contributed by atoms with Gasteiger partial charge in [-0.3, -0.25) is 4.79 Å². The third-order valence-electron chi connectivity index (χ3n) is 5.11. The summed E-state index contributed by atoms with van der Waals surface area (Å²) in [6, 6.07) is 13.0. The molecule has 1 aliphatic rings. The molecular formula is C21H21Cl2N3O. The van der Waals surface area contributed by atoms with Crippen molar-refractivity contribution in [2.45, 2.75) is 25.9 Å². The third kappa shape index (κ3) is 3.57. The number of benzene rings is 2. The van der Waals surface area contributed by atoms with Crippen LogP contribution < -0.4 is 5.32 Å². The van der Waals surface area contributed by atoms with Gasteiger partial charge in [0.1, 0.15) is 6.04 Å². The van der Waals surface area contributed by atoms with Crippen molar-refractivity contribution in [2.75, 3.05) is 13.1 Å². The maximum absolute atomic E-state index is 13.2. The van der Waals surface area contributed by atoms with E-state index in [-0.39, 0.29) is 11.9 Å². The van der Waals surface area contributed by atoms with Gasteiger partial charge in [0, 0.05) is 33.2 Å². The van der Waals surface area contributed by atoms with E-state index in [1.54, 1.807) is 0 Å². The molecule has 0 aliphatic carbocycles. The van der Waals surface area contributed by atoms with Gasteiger partial charge in [0.15, 0.2) is 0 Å². The van der Waals surface area contributed by atoms with Gasteiger partial charge in [-0.15, -0.1) is 0 Å². The molecule has 0 fully saturated rings. The van der Waals surface area contributed by atoms with Crippen LogP contribution in [0.25, 0.3) is 10.9 Å². The van der Waals surface area contributed by atoms with Gasteiger partial charge in [-0.1, -0.05) is 42.3 Å². The summed E-state index contributed by atoms with van der Waals surface area (Å²) < 4.78 is 0. The zero-order valence-electron chi connectivity index (χ0n) is 15.1. The van der Waals surface area contributed by atoms with Crippen LogP contribution in [0.5, 0.6) is 0 Å². The van der Waals surface area contributed by atoms with E-state index in [4.69, 9.17) is 23.2 Å². The Morgan fingerprint density at radius 3 is 2.67 bits per heavy atom. The lowest BCUT2D eigenvalue weighted by Gasteiger charge is -2.31. The SMILES string of the molecule is CCNC(C(=O)N1CCc2c([nH]c3ccc(Cl)cc23)C1)c1ccc(Cl)cc1. The van der Waals surface area contributed by atoms with Crippen LogP contribution in [0.15, 0.2) is 42.5 Å². The van der Waals surface area contributed by atoms with E-state index in [0.717, 1.165) is 33.6 Å². The second-order valence-electron chi connectivity index (χ2n) is 6.82. The van der Waals surface area contributed by atoms with Crippen LogP contribution in [0.4, 0.5) is 0 Å². The quantitative estimate of drug-likeness (QED) is 0.664. The molecule has 0 bridgehead atoms. The van der Waals surface area contributed by atoms with Gasteiger partial charge >= 0.3 is 0 Å². The molecule has 6 heteroatoms. The number of carbonyl (C=O) groups is 1. The number of aromatic amines is 1. The predicted octanol–water partition coefficient (Wildman–Crippen LogP) is 4.71. The molecular weight excluding hydrogens is 381 g/mol. The van der Waals surface area contributed by atoms with Gasteiger partial charge in [0.05, 0.1) is 6.54 Å². The van der Waals surface area contributed by atoms with Gasteiger partial charge in [-0.2, -0.15) is 0 Å². The minimum absolute atomic E-state index is 0.0847. The number of halogens is 2. The summed E-state index contributed by atoms with van der Waals surface area (Å²) in [5.41, 5.74) is 4.36. The number of carbonyl (C=O) groups excluding carboxylic acids is 1. The van der Waals surface area contributed by atoms with Crippen LogP contribution in [0.2, 0.25) is 10.0 Å². The maximum Gasteiger partial charge on any atom is 0.244 e. The largest absolute Gasteiger partial charge is 0.357 e. The molecule has 0 saturated carbocycles. The lowest BCUT2D eigenvalue weighted by Crippen LogP contribution is -2.43. The zero-order chi connectivity index (χ0) is 19.0. The Bertz CT molecular complexity index is 981. The molecule has 2 aromatic carbocycles. The standard InChI is InChI=1S/C21H21Cl2N3O/c1-2-24-20(13-3-5-14(22)6-4-13)21(27)26-10-9-16-17-11-15(23)7-8-18(17)25-19(16)12-26/h3-8,11,20,24-25H,2,9-10,12H2,1H3. The molecule has 140 valence electrons. The molecule has 27 heavy (non-hydrogen) atoms. The number of amides is 1. The number of nitrogens with one attached hydrogen (secondary N) is 2. The Morgan fingerprint density at radius 2 is 1.93 bits per heavy atom. The van der Waals surface area contributed by atoms with Crippen molar-refractivity contribution in [3.63, 3.8) is 0 Å². The van der Waals surface area contributed by atoms with Crippen molar-refractivity contribution < 1.29 is 4.79 Å². The van der Waals surface area contributed by atoms with Crippen molar-refractivity contribution in [3.8, 4) is 0 Å². The molecule has 1 atom stereocenters. The smallest absolute Gasteiger partial charge is 0.244 e. The van der Waals surface area contributed by atoms with Gasteiger partial charge in [-0.05, 0) is 54.4 Å². The fraction of sp³-hybridized carbons (Fsp3) is 0.286. The molecule has 1 amide bonds. The molecule has 3 aromatic rings. The summed E-state index contributed by atoms with van der Waals surface area (Å²) in [7, 11) is 0. The second-order valence-corrected chi connectivity index (χ2v) is 7.70. The first-order valence-corrected chi connectivity index (χ1v) is 9.89. The van der Waals surface area contributed by atoms with Gasteiger partial charge in [0.25, 0.3) is 0 Å².